The molecule has 1 aliphatic carbocycles. The Labute approximate surface area is 98.5 Å². The Morgan fingerprint density at radius 1 is 1.38 bits per heavy atom. The molecular weight excluding hydrogens is 226 g/mol. The molecule has 0 radical (unpaired) electrons. The number of hydrogen-bond donors (Lipinski definition) is 2. The monoisotopic (exact) mass is 249 g/mol. The third-order valence-electron chi connectivity index (χ3n) is 3.16. The van der Waals surface area contributed by atoms with Crippen molar-refractivity contribution >= 4 is 10.0 Å². The molecule has 1 saturated carbocycles. The first-order chi connectivity index (χ1) is 6.94. The molecule has 2 unspecified atom stereocenters. The van der Waals surface area contributed by atoms with E-state index < -0.39 is 16.1 Å². The molecule has 0 bridgehead atoms. The van der Waals surface area contributed by atoms with Crippen molar-refractivity contribution in [3.63, 3.8) is 0 Å². The molecule has 0 heterocycles. The lowest BCUT2D eigenvalue weighted by Gasteiger charge is -2.49. The van der Waals surface area contributed by atoms with Crippen molar-refractivity contribution in [3.8, 4) is 0 Å². The van der Waals surface area contributed by atoms with Gasteiger partial charge in [-0.1, -0.05) is 34.6 Å². The van der Waals surface area contributed by atoms with Gasteiger partial charge in [0, 0.05) is 11.5 Å². The molecule has 2 atom stereocenters. The quantitative estimate of drug-likeness (QED) is 0.787. The van der Waals surface area contributed by atoms with E-state index in [1.54, 1.807) is 0 Å². The van der Waals surface area contributed by atoms with Crippen LogP contribution in [0.3, 0.4) is 0 Å². The lowest BCUT2D eigenvalue weighted by molar-refractivity contribution is -0.0645. The van der Waals surface area contributed by atoms with Gasteiger partial charge in [0.2, 0.25) is 10.0 Å². The van der Waals surface area contributed by atoms with Crippen LogP contribution in [-0.2, 0) is 10.0 Å². The first-order valence-electron chi connectivity index (χ1n) is 5.62. The van der Waals surface area contributed by atoms with E-state index in [9.17, 15) is 13.5 Å². The highest BCUT2D eigenvalue weighted by Gasteiger charge is 2.48. The molecule has 2 N–H and O–H groups in total. The van der Waals surface area contributed by atoms with E-state index in [1.807, 2.05) is 34.6 Å². The highest BCUT2D eigenvalue weighted by atomic mass is 32.2. The number of aliphatic hydroxyl groups is 1. The van der Waals surface area contributed by atoms with Crippen molar-refractivity contribution in [2.45, 2.75) is 53.2 Å². The van der Waals surface area contributed by atoms with Gasteiger partial charge >= 0.3 is 0 Å². The Hall–Kier alpha value is -0.130. The van der Waals surface area contributed by atoms with Crippen LogP contribution >= 0.6 is 0 Å². The van der Waals surface area contributed by atoms with Gasteiger partial charge in [0.05, 0.1) is 11.9 Å². The maximum Gasteiger partial charge on any atom is 0.212 e. The van der Waals surface area contributed by atoms with Crippen LogP contribution in [0.4, 0.5) is 0 Å². The van der Waals surface area contributed by atoms with Crippen molar-refractivity contribution < 1.29 is 13.5 Å². The first-order valence-corrected chi connectivity index (χ1v) is 7.27. The minimum atomic E-state index is -3.25. The van der Waals surface area contributed by atoms with Crippen LogP contribution in [0.5, 0.6) is 0 Å². The summed E-state index contributed by atoms with van der Waals surface area (Å²) in [5.74, 6) is 0.114. The average Bonchev–Trinajstić information content (AvgIpc) is 1.98. The van der Waals surface area contributed by atoms with Crippen molar-refractivity contribution in [2.75, 3.05) is 5.75 Å². The van der Waals surface area contributed by atoms with Crippen LogP contribution in [0.2, 0.25) is 0 Å². The summed E-state index contributed by atoms with van der Waals surface area (Å²) < 4.78 is 26.4. The summed E-state index contributed by atoms with van der Waals surface area (Å²) in [5.41, 5.74) is -0.608. The fraction of sp³-hybridized carbons (Fsp3) is 1.00. The van der Waals surface area contributed by atoms with Gasteiger partial charge in [-0.15, -0.1) is 0 Å². The van der Waals surface area contributed by atoms with Crippen molar-refractivity contribution in [3.05, 3.63) is 0 Å². The zero-order valence-electron chi connectivity index (χ0n) is 10.7. The van der Waals surface area contributed by atoms with Gasteiger partial charge in [-0.25, -0.2) is 13.1 Å². The number of hydrogen-bond acceptors (Lipinski definition) is 3. The second-order valence-corrected chi connectivity index (χ2v) is 8.32. The zero-order chi connectivity index (χ0) is 12.8. The van der Waals surface area contributed by atoms with Gasteiger partial charge < -0.3 is 5.11 Å². The van der Waals surface area contributed by atoms with Gasteiger partial charge in [-0.3, -0.25) is 0 Å². The molecule has 1 aliphatic rings. The van der Waals surface area contributed by atoms with Gasteiger partial charge in [0.25, 0.3) is 0 Å². The Morgan fingerprint density at radius 3 is 2.19 bits per heavy atom. The van der Waals surface area contributed by atoms with Gasteiger partial charge in [0.1, 0.15) is 0 Å². The summed E-state index contributed by atoms with van der Waals surface area (Å²) in [6, 6.07) is -0.144. The highest BCUT2D eigenvalue weighted by Crippen LogP contribution is 2.40. The predicted octanol–water partition coefficient (Wildman–Crippen LogP) is 1.11. The molecule has 5 heteroatoms. The fourth-order valence-electron chi connectivity index (χ4n) is 1.93. The molecule has 1 rings (SSSR count). The van der Waals surface area contributed by atoms with Crippen LogP contribution in [0.25, 0.3) is 0 Å². The van der Waals surface area contributed by atoms with Crippen LogP contribution in [0.1, 0.15) is 41.0 Å². The molecule has 0 aromatic heterocycles. The van der Waals surface area contributed by atoms with E-state index in [4.69, 9.17) is 0 Å². The summed E-state index contributed by atoms with van der Waals surface area (Å²) in [6.45, 7) is 9.45. The normalized spacial score (nSPS) is 29.9. The van der Waals surface area contributed by atoms with Crippen LogP contribution < -0.4 is 4.72 Å². The van der Waals surface area contributed by atoms with Gasteiger partial charge in [-0.2, -0.15) is 0 Å². The standard InChI is InChI=1S/C11H23NO3S/c1-10(2,3)7-16(14,15)12-8-6-9(13)11(8,4)5/h8-9,12-13H,6-7H2,1-5H3. The van der Waals surface area contributed by atoms with Gasteiger partial charge in [-0.05, 0) is 11.8 Å². The Balaban J connectivity index is 2.63. The predicted molar refractivity (Wildman–Crippen MR) is 64.6 cm³/mol. The lowest BCUT2D eigenvalue weighted by atomic mass is 9.65. The van der Waals surface area contributed by atoms with Crippen molar-refractivity contribution in [1.29, 1.82) is 0 Å². The third-order valence-corrected chi connectivity index (χ3v) is 5.05. The van der Waals surface area contributed by atoms with Crippen LogP contribution in [0, 0.1) is 10.8 Å². The zero-order valence-corrected chi connectivity index (χ0v) is 11.6. The Morgan fingerprint density at radius 2 is 1.88 bits per heavy atom. The maximum absolute atomic E-state index is 11.9. The van der Waals surface area contributed by atoms with Crippen LogP contribution in [-0.4, -0.2) is 31.4 Å². The molecule has 96 valence electrons. The summed E-state index contributed by atoms with van der Waals surface area (Å²) in [7, 11) is -3.25. The molecule has 1 fully saturated rings. The Kier molecular flexibility index (Phi) is 3.45. The fourth-order valence-corrected chi connectivity index (χ4v) is 3.99. The minimum Gasteiger partial charge on any atom is -0.392 e. The molecule has 0 aromatic carbocycles. The molecule has 0 spiro atoms. The van der Waals surface area contributed by atoms with Gasteiger partial charge in [0.15, 0.2) is 0 Å². The van der Waals surface area contributed by atoms with E-state index >= 15 is 0 Å². The molecule has 0 aliphatic heterocycles. The van der Waals surface area contributed by atoms with Crippen molar-refractivity contribution in [1.82, 2.24) is 4.72 Å². The molecule has 0 saturated heterocycles. The Bertz CT molecular complexity index is 354. The molecule has 4 nitrogen and oxygen atoms in total. The van der Waals surface area contributed by atoms with E-state index in [-0.39, 0.29) is 22.6 Å². The minimum absolute atomic E-state index is 0.114. The number of aliphatic hydroxyl groups excluding tert-OH is 1. The van der Waals surface area contributed by atoms with E-state index in [2.05, 4.69) is 4.72 Å². The highest BCUT2D eigenvalue weighted by molar-refractivity contribution is 7.89. The summed E-state index contributed by atoms with van der Waals surface area (Å²) in [6.07, 6.45) is 0.103. The summed E-state index contributed by atoms with van der Waals surface area (Å²) >= 11 is 0. The average molecular weight is 249 g/mol. The molecule has 0 amide bonds. The first kappa shape index (κ1) is 13.9. The maximum atomic E-state index is 11.9. The topological polar surface area (TPSA) is 66.4 Å². The third kappa shape index (κ3) is 3.18. The van der Waals surface area contributed by atoms with Crippen molar-refractivity contribution in [2.24, 2.45) is 10.8 Å². The molecule has 16 heavy (non-hydrogen) atoms. The molecular formula is C11H23NO3S. The smallest absolute Gasteiger partial charge is 0.212 e. The number of sulfonamides is 1. The largest absolute Gasteiger partial charge is 0.392 e. The number of rotatable bonds is 3. The summed E-state index contributed by atoms with van der Waals surface area (Å²) in [5, 5.41) is 9.54. The second-order valence-electron chi connectivity index (χ2n) is 6.56. The summed E-state index contributed by atoms with van der Waals surface area (Å²) in [4.78, 5) is 0. The van der Waals surface area contributed by atoms with E-state index in [0.29, 0.717) is 6.42 Å². The second kappa shape index (κ2) is 3.96. The van der Waals surface area contributed by atoms with Crippen LogP contribution in [0.15, 0.2) is 0 Å². The number of nitrogens with one attached hydrogen (secondary N) is 1. The van der Waals surface area contributed by atoms with E-state index in [0.717, 1.165) is 0 Å². The lowest BCUT2D eigenvalue weighted by Crippen LogP contribution is -2.61. The molecule has 0 aromatic rings. The SMILES string of the molecule is CC(C)(C)CS(=O)(=O)NC1CC(O)C1(C)C. The van der Waals surface area contributed by atoms with E-state index in [1.165, 1.54) is 0 Å².